The largest absolute Gasteiger partial charge is 0.355 e. The van der Waals surface area contributed by atoms with Crippen LogP contribution in [-0.4, -0.2) is 85.5 Å². The summed E-state index contributed by atoms with van der Waals surface area (Å²) in [6, 6.07) is 10.3. The summed E-state index contributed by atoms with van der Waals surface area (Å²) < 4.78 is 0. The summed E-state index contributed by atoms with van der Waals surface area (Å²) in [7, 11) is 0. The molecule has 0 radical (unpaired) electrons. The van der Waals surface area contributed by atoms with Gasteiger partial charge in [0, 0.05) is 31.8 Å². The highest BCUT2D eigenvalue weighted by atomic mass is 16.2. The number of likely N-dealkylation sites (tertiary alicyclic amines) is 1. The van der Waals surface area contributed by atoms with Crippen molar-refractivity contribution in [2.75, 3.05) is 39.3 Å². The van der Waals surface area contributed by atoms with E-state index in [-0.39, 0.29) is 74.5 Å². The van der Waals surface area contributed by atoms with Crippen LogP contribution in [0, 0.1) is 18.8 Å². The van der Waals surface area contributed by atoms with Crippen LogP contribution in [0.5, 0.6) is 0 Å². The SMILES string of the molecule is CCCCNC(=O)CNC(=O)CNC(=O)CNC(=O)CNC(=O)CCCCCN1C(=O)CC(C(C)C)C1=O.Cc1ccccc1. The molecule has 1 atom stereocenters. The number of hydrogen-bond donors (Lipinski definition) is 5. The molecule has 13 nitrogen and oxygen atoms in total. The number of rotatable bonds is 18. The predicted octanol–water partition coefficient (Wildman–Crippen LogP) is 0.954. The Morgan fingerprint density at radius 1 is 0.733 bits per heavy atom. The minimum atomic E-state index is -0.595. The third kappa shape index (κ3) is 17.6. The molecule has 1 fully saturated rings. The fourth-order valence-electron chi connectivity index (χ4n) is 4.19. The van der Waals surface area contributed by atoms with Gasteiger partial charge < -0.3 is 26.6 Å². The van der Waals surface area contributed by atoms with Crippen LogP contribution < -0.4 is 26.6 Å². The molecule has 1 saturated heterocycles. The smallest absolute Gasteiger partial charge is 0.239 e. The van der Waals surface area contributed by atoms with Gasteiger partial charge in [-0.15, -0.1) is 0 Å². The standard InChI is InChI=1S/C25H42N6O7.C7H8/c1-4-5-10-26-20(33)13-28-22(35)15-30-23(36)16-29-21(34)14-27-19(32)9-7-6-8-11-31-24(37)12-18(17(2)3)25(31)38;1-7-5-3-2-4-6-7/h17-18H,4-16H2,1-3H3,(H,26,33)(H,27,32)(H,28,35)(H,29,34)(H,30,36);2-6H,1H3. The van der Waals surface area contributed by atoms with Crippen molar-refractivity contribution in [2.24, 2.45) is 11.8 Å². The number of nitrogens with zero attached hydrogens (tertiary/aromatic N) is 1. The molecule has 7 amide bonds. The third-order valence-electron chi connectivity index (χ3n) is 6.95. The number of unbranched alkanes of at least 4 members (excludes halogenated alkanes) is 3. The first-order valence-corrected chi connectivity index (χ1v) is 15.6. The monoisotopic (exact) mass is 630 g/mol. The van der Waals surface area contributed by atoms with Crippen molar-refractivity contribution in [1.29, 1.82) is 0 Å². The van der Waals surface area contributed by atoms with Crippen molar-refractivity contribution < 1.29 is 33.6 Å². The molecular formula is C32H50N6O7. The normalized spacial score (nSPS) is 13.9. The molecule has 1 aliphatic heterocycles. The molecule has 5 N–H and O–H groups in total. The summed E-state index contributed by atoms with van der Waals surface area (Å²) in [5.74, 6) is -2.72. The highest BCUT2D eigenvalue weighted by Crippen LogP contribution is 2.26. The van der Waals surface area contributed by atoms with Gasteiger partial charge in [0.05, 0.1) is 26.2 Å². The predicted molar refractivity (Wildman–Crippen MR) is 169 cm³/mol. The zero-order valence-electron chi connectivity index (χ0n) is 27.0. The maximum absolute atomic E-state index is 12.3. The van der Waals surface area contributed by atoms with Gasteiger partial charge in [-0.25, -0.2) is 0 Å². The van der Waals surface area contributed by atoms with E-state index in [9.17, 15) is 33.6 Å². The highest BCUT2D eigenvalue weighted by Gasteiger charge is 2.39. The molecule has 1 aliphatic rings. The minimum Gasteiger partial charge on any atom is -0.355 e. The van der Waals surface area contributed by atoms with E-state index in [1.807, 2.05) is 39.0 Å². The average Bonchev–Trinajstić information content (AvgIpc) is 3.30. The number of imide groups is 1. The summed E-state index contributed by atoms with van der Waals surface area (Å²) in [6.45, 7) is 7.61. The lowest BCUT2D eigenvalue weighted by atomic mass is 9.94. The van der Waals surface area contributed by atoms with E-state index in [0.29, 0.717) is 32.4 Å². The van der Waals surface area contributed by atoms with Crippen molar-refractivity contribution in [3.63, 3.8) is 0 Å². The zero-order chi connectivity index (χ0) is 33.6. The van der Waals surface area contributed by atoms with Gasteiger partial charge in [0.25, 0.3) is 0 Å². The Bertz CT molecular complexity index is 1130. The Balaban J connectivity index is 0.00000126. The quantitative estimate of drug-likeness (QED) is 0.118. The van der Waals surface area contributed by atoms with Crippen LogP contribution in [0.4, 0.5) is 0 Å². The number of carbonyl (C=O) groups excluding carboxylic acids is 7. The lowest BCUT2D eigenvalue weighted by Crippen LogP contribution is -2.45. The van der Waals surface area contributed by atoms with Gasteiger partial charge in [0.1, 0.15) is 0 Å². The van der Waals surface area contributed by atoms with Crippen LogP contribution in [-0.2, 0) is 33.6 Å². The van der Waals surface area contributed by atoms with Crippen molar-refractivity contribution in [3.05, 3.63) is 35.9 Å². The Kier molecular flexibility index (Phi) is 19.2. The van der Waals surface area contributed by atoms with Gasteiger partial charge >= 0.3 is 0 Å². The molecule has 0 bridgehead atoms. The fraction of sp³-hybridized carbons (Fsp3) is 0.594. The summed E-state index contributed by atoms with van der Waals surface area (Å²) in [5, 5.41) is 12.1. The number of benzene rings is 1. The van der Waals surface area contributed by atoms with Gasteiger partial charge in [-0.3, -0.25) is 38.5 Å². The molecule has 45 heavy (non-hydrogen) atoms. The molecular weight excluding hydrogens is 580 g/mol. The van der Waals surface area contributed by atoms with E-state index in [0.717, 1.165) is 12.8 Å². The second kappa shape index (κ2) is 22.3. The minimum absolute atomic E-state index is 0.118. The van der Waals surface area contributed by atoms with E-state index in [2.05, 4.69) is 45.6 Å². The first-order valence-electron chi connectivity index (χ1n) is 15.6. The number of hydrogen-bond acceptors (Lipinski definition) is 7. The van der Waals surface area contributed by atoms with E-state index in [1.54, 1.807) is 0 Å². The van der Waals surface area contributed by atoms with Crippen LogP contribution in [0.3, 0.4) is 0 Å². The molecule has 0 spiro atoms. The van der Waals surface area contributed by atoms with E-state index < -0.39 is 17.7 Å². The zero-order valence-corrected chi connectivity index (χ0v) is 27.0. The second-order valence-electron chi connectivity index (χ2n) is 11.2. The number of aryl methyl sites for hydroxylation is 1. The topological polar surface area (TPSA) is 183 Å². The van der Waals surface area contributed by atoms with Crippen molar-refractivity contribution in [1.82, 2.24) is 31.5 Å². The molecule has 1 unspecified atom stereocenters. The molecule has 0 aliphatic carbocycles. The first kappa shape index (κ1) is 38.7. The van der Waals surface area contributed by atoms with Gasteiger partial charge in [0.15, 0.2) is 0 Å². The maximum atomic E-state index is 12.3. The van der Waals surface area contributed by atoms with Crippen LogP contribution in [0.25, 0.3) is 0 Å². The van der Waals surface area contributed by atoms with Crippen molar-refractivity contribution in [2.45, 2.75) is 72.6 Å². The van der Waals surface area contributed by atoms with Gasteiger partial charge in [0.2, 0.25) is 41.4 Å². The number of carbonyl (C=O) groups is 7. The van der Waals surface area contributed by atoms with Crippen LogP contribution >= 0.6 is 0 Å². The Hall–Kier alpha value is -4.29. The summed E-state index contributed by atoms with van der Waals surface area (Å²) >= 11 is 0. The number of amides is 7. The average molecular weight is 631 g/mol. The summed E-state index contributed by atoms with van der Waals surface area (Å²) in [5.41, 5.74) is 1.32. The Labute approximate surface area is 266 Å². The Morgan fingerprint density at radius 3 is 1.69 bits per heavy atom. The van der Waals surface area contributed by atoms with E-state index >= 15 is 0 Å². The van der Waals surface area contributed by atoms with Crippen LogP contribution in [0.15, 0.2) is 30.3 Å². The lowest BCUT2D eigenvalue weighted by Gasteiger charge is -2.16. The van der Waals surface area contributed by atoms with Gasteiger partial charge in [-0.1, -0.05) is 69.5 Å². The third-order valence-corrected chi connectivity index (χ3v) is 6.95. The second-order valence-corrected chi connectivity index (χ2v) is 11.2. The van der Waals surface area contributed by atoms with Crippen LogP contribution in [0.1, 0.15) is 71.3 Å². The first-order chi connectivity index (χ1) is 21.4. The van der Waals surface area contributed by atoms with Crippen LogP contribution in [0.2, 0.25) is 0 Å². The molecule has 1 heterocycles. The van der Waals surface area contributed by atoms with Crippen molar-refractivity contribution >= 4 is 41.4 Å². The lowest BCUT2D eigenvalue weighted by molar-refractivity contribution is -0.140. The van der Waals surface area contributed by atoms with Gasteiger partial charge in [-0.05, 0) is 32.1 Å². The van der Waals surface area contributed by atoms with Crippen molar-refractivity contribution in [3.8, 4) is 0 Å². The van der Waals surface area contributed by atoms with E-state index in [1.165, 1.54) is 10.5 Å². The molecule has 250 valence electrons. The Morgan fingerprint density at radius 2 is 1.24 bits per heavy atom. The molecule has 0 saturated carbocycles. The maximum Gasteiger partial charge on any atom is 0.239 e. The molecule has 1 aromatic rings. The molecule has 13 heteroatoms. The highest BCUT2D eigenvalue weighted by molar-refractivity contribution is 6.03. The summed E-state index contributed by atoms with van der Waals surface area (Å²) in [6.07, 6.45) is 4.04. The number of nitrogens with one attached hydrogen (secondary N) is 5. The summed E-state index contributed by atoms with van der Waals surface area (Å²) in [4.78, 5) is 84.3. The fourth-order valence-corrected chi connectivity index (χ4v) is 4.19. The molecule has 2 rings (SSSR count). The molecule has 0 aromatic heterocycles. The van der Waals surface area contributed by atoms with E-state index in [4.69, 9.17) is 0 Å². The van der Waals surface area contributed by atoms with Gasteiger partial charge in [-0.2, -0.15) is 0 Å². The molecule has 1 aromatic carbocycles.